The van der Waals surface area contributed by atoms with E-state index in [9.17, 15) is 0 Å². The van der Waals surface area contributed by atoms with Crippen molar-refractivity contribution in [1.82, 2.24) is 0 Å². The third-order valence-corrected chi connectivity index (χ3v) is 11.9. The first-order chi connectivity index (χ1) is 28.8. The molecular weight excluding hydrogens is 699 g/mol. The van der Waals surface area contributed by atoms with Gasteiger partial charge in [0, 0.05) is 16.9 Å². The van der Waals surface area contributed by atoms with Gasteiger partial charge in [0.15, 0.2) is 0 Å². The fourth-order valence-corrected chi connectivity index (χ4v) is 9.16. The molecule has 0 unspecified atom stereocenters. The van der Waals surface area contributed by atoms with Crippen LogP contribution in [0.15, 0.2) is 224 Å². The number of fused-ring (bicyclic) bond motifs is 5. The Labute approximate surface area is 339 Å². The highest BCUT2D eigenvalue weighted by Gasteiger charge is 2.22. The van der Waals surface area contributed by atoms with Crippen molar-refractivity contribution in [3.63, 3.8) is 0 Å². The van der Waals surface area contributed by atoms with Crippen molar-refractivity contribution in [2.24, 2.45) is 0 Å². The Balaban J connectivity index is 1.03. The SMILES string of the molecule is c1cc(-c2ccccc2N(c2ccc(-c3cccc4ccccc34)cc2)c2ccc(-c3cccc4ccccc34)cc2)cc(-c2cccc3c2Cc2ccccc2-3)c1. The molecule has 0 N–H and O–H groups in total. The molecule has 0 aromatic heterocycles. The first kappa shape index (κ1) is 33.8. The van der Waals surface area contributed by atoms with Crippen LogP contribution in [0.25, 0.3) is 77.2 Å². The molecule has 0 fully saturated rings. The summed E-state index contributed by atoms with van der Waals surface area (Å²) in [6.07, 6.45) is 0.958. The van der Waals surface area contributed by atoms with E-state index in [0.717, 1.165) is 23.5 Å². The molecule has 1 aliphatic rings. The molecule has 1 heteroatoms. The van der Waals surface area contributed by atoms with Gasteiger partial charge < -0.3 is 4.90 Å². The van der Waals surface area contributed by atoms with Gasteiger partial charge in [0.2, 0.25) is 0 Å². The second-order valence-corrected chi connectivity index (χ2v) is 15.2. The molecule has 1 aliphatic carbocycles. The van der Waals surface area contributed by atoms with E-state index in [1.165, 1.54) is 88.3 Å². The van der Waals surface area contributed by atoms with E-state index in [4.69, 9.17) is 0 Å². The summed E-state index contributed by atoms with van der Waals surface area (Å²) < 4.78 is 0. The van der Waals surface area contributed by atoms with E-state index in [-0.39, 0.29) is 0 Å². The van der Waals surface area contributed by atoms with Gasteiger partial charge in [0.25, 0.3) is 0 Å². The fourth-order valence-electron chi connectivity index (χ4n) is 9.16. The van der Waals surface area contributed by atoms with Crippen molar-refractivity contribution < 1.29 is 0 Å². The van der Waals surface area contributed by atoms with E-state index < -0.39 is 0 Å². The lowest BCUT2D eigenvalue weighted by Gasteiger charge is -2.28. The number of benzene rings is 10. The second-order valence-electron chi connectivity index (χ2n) is 15.2. The number of rotatable bonds is 7. The maximum absolute atomic E-state index is 2.42. The molecule has 0 aliphatic heterocycles. The average molecular weight is 738 g/mol. The lowest BCUT2D eigenvalue weighted by Crippen LogP contribution is -2.11. The largest absolute Gasteiger partial charge is 0.310 e. The second kappa shape index (κ2) is 14.2. The van der Waals surface area contributed by atoms with E-state index in [2.05, 4.69) is 229 Å². The maximum Gasteiger partial charge on any atom is 0.0540 e. The molecule has 58 heavy (non-hydrogen) atoms. The van der Waals surface area contributed by atoms with Crippen LogP contribution in [0.1, 0.15) is 11.1 Å². The molecule has 0 saturated heterocycles. The number of anilines is 3. The van der Waals surface area contributed by atoms with Crippen molar-refractivity contribution in [2.45, 2.75) is 6.42 Å². The van der Waals surface area contributed by atoms with Crippen LogP contribution in [0.3, 0.4) is 0 Å². The number of nitrogens with zero attached hydrogens (tertiary/aromatic N) is 1. The highest BCUT2D eigenvalue weighted by molar-refractivity contribution is 5.99. The van der Waals surface area contributed by atoms with Crippen molar-refractivity contribution >= 4 is 38.6 Å². The van der Waals surface area contributed by atoms with Crippen molar-refractivity contribution in [3.05, 3.63) is 236 Å². The van der Waals surface area contributed by atoms with Crippen molar-refractivity contribution in [1.29, 1.82) is 0 Å². The minimum absolute atomic E-state index is 0.958. The Bertz CT molecular complexity index is 3000. The molecular formula is C57H39N. The highest BCUT2D eigenvalue weighted by Crippen LogP contribution is 2.45. The molecule has 0 saturated carbocycles. The summed E-state index contributed by atoms with van der Waals surface area (Å²) in [5.41, 5.74) is 18.6. The third-order valence-electron chi connectivity index (χ3n) is 11.9. The van der Waals surface area contributed by atoms with Crippen molar-refractivity contribution in [2.75, 3.05) is 4.90 Å². The quantitative estimate of drug-likeness (QED) is 0.157. The first-order valence-electron chi connectivity index (χ1n) is 20.1. The minimum atomic E-state index is 0.958. The number of hydrogen-bond donors (Lipinski definition) is 0. The Hall–Kier alpha value is -7.48. The van der Waals surface area contributed by atoms with Gasteiger partial charge in [-0.15, -0.1) is 0 Å². The summed E-state index contributed by atoms with van der Waals surface area (Å²) in [5.74, 6) is 0. The minimum Gasteiger partial charge on any atom is -0.310 e. The molecule has 0 bridgehead atoms. The van der Waals surface area contributed by atoms with Gasteiger partial charge in [-0.3, -0.25) is 0 Å². The molecule has 0 amide bonds. The third kappa shape index (κ3) is 5.88. The van der Waals surface area contributed by atoms with Crippen LogP contribution in [0.5, 0.6) is 0 Å². The molecule has 10 aromatic rings. The molecule has 0 heterocycles. The van der Waals surface area contributed by atoms with E-state index in [1.54, 1.807) is 0 Å². The standard InChI is InChI=1S/C57H39N/c1-4-20-48-39(13-1)16-10-24-50(48)41-29-33-46(34-30-41)58(47-35-31-42(32-36-47)51-25-11-17-40-14-2-5-21-49(40)51)57-28-8-7-23-54(57)44-19-9-18-43(37-44)53-26-12-27-55-52-22-6-3-15-45(52)38-56(53)55/h1-37H,38H2. The van der Waals surface area contributed by atoms with Crippen LogP contribution in [-0.4, -0.2) is 0 Å². The molecule has 1 nitrogen and oxygen atoms in total. The van der Waals surface area contributed by atoms with Crippen LogP contribution < -0.4 is 4.90 Å². The van der Waals surface area contributed by atoms with Gasteiger partial charge in [0.1, 0.15) is 0 Å². The summed E-state index contributed by atoms with van der Waals surface area (Å²) in [6.45, 7) is 0. The summed E-state index contributed by atoms with van der Waals surface area (Å²) in [4.78, 5) is 2.42. The zero-order chi connectivity index (χ0) is 38.4. The van der Waals surface area contributed by atoms with Gasteiger partial charge in [-0.2, -0.15) is 0 Å². The molecule has 10 aromatic carbocycles. The van der Waals surface area contributed by atoms with Gasteiger partial charge >= 0.3 is 0 Å². The van der Waals surface area contributed by atoms with Crippen LogP contribution >= 0.6 is 0 Å². The Morgan fingerprint density at radius 2 is 0.741 bits per heavy atom. The molecule has 272 valence electrons. The zero-order valence-electron chi connectivity index (χ0n) is 32.0. The number of para-hydroxylation sites is 1. The summed E-state index contributed by atoms with van der Waals surface area (Å²) in [5, 5.41) is 5.02. The predicted octanol–water partition coefficient (Wildman–Crippen LogP) is 15.7. The van der Waals surface area contributed by atoms with Crippen LogP contribution in [0.4, 0.5) is 17.1 Å². The highest BCUT2D eigenvalue weighted by atomic mass is 15.1. The predicted molar refractivity (Wildman–Crippen MR) is 246 cm³/mol. The Morgan fingerprint density at radius 1 is 0.293 bits per heavy atom. The van der Waals surface area contributed by atoms with E-state index in [1.807, 2.05) is 0 Å². The Kier molecular flexibility index (Phi) is 8.30. The van der Waals surface area contributed by atoms with E-state index in [0.29, 0.717) is 0 Å². The summed E-state index contributed by atoms with van der Waals surface area (Å²) in [7, 11) is 0. The van der Waals surface area contributed by atoms with Crippen molar-refractivity contribution in [3.8, 4) is 55.6 Å². The van der Waals surface area contributed by atoms with Crippen LogP contribution in [-0.2, 0) is 6.42 Å². The van der Waals surface area contributed by atoms with Crippen LogP contribution in [0.2, 0.25) is 0 Å². The topological polar surface area (TPSA) is 3.24 Å². The smallest absolute Gasteiger partial charge is 0.0540 e. The van der Waals surface area contributed by atoms with Gasteiger partial charge in [0.05, 0.1) is 5.69 Å². The maximum atomic E-state index is 2.42. The lowest BCUT2D eigenvalue weighted by molar-refractivity contribution is 1.26. The molecule has 0 radical (unpaired) electrons. The van der Waals surface area contributed by atoms with Gasteiger partial charge in [-0.1, -0.05) is 188 Å². The molecule has 11 rings (SSSR count). The van der Waals surface area contributed by atoms with Crippen LogP contribution in [0, 0.1) is 0 Å². The average Bonchev–Trinajstić information content (AvgIpc) is 3.69. The normalized spacial score (nSPS) is 11.7. The monoisotopic (exact) mass is 737 g/mol. The number of hydrogen-bond acceptors (Lipinski definition) is 1. The van der Waals surface area contributed by atoms with E-state index >= 15 is 0 Å². The first-order valence-corrected chi connectivity index (χ1v) is 20.1. The lowest BCUT2D eigenvalue weighted by atomic mass is 9.92. The van der Waals surface area contributed by atoms with Gasteiger partial charge in [-0.05, 0) is 126 Å². The molecule has 0 atom stereocenters. The molecule has 0 spiro atoms. The van der Waals surface area contributed by atoms with Gasteiger partial charge in [-0.25, -0.2) is 0 Å². The zero-order valence-corrected chi connectivity index (χ0v) is 32.0. The fraction of sp³-hybridized carbons (Fsp3) is 0.0175. The summed E-state index contributed by atoms with van der Waals surface area (Å²) >= 11 is 0. The summed E-state index contributed by atoms with van der Waals surface area (Å²) in [6, 6.07) is 82.1. The Morgan fingerprint density at radius 3 is 1.40 bits per heavy atom.